The number of benzene rings is 1. The van der Waals surface area contributed by atoms with Crippen molar-refractivity contribution in [2.75, 3.05) is 13.1 Å². The van der Waals surface area contributed by atoms with E-state index in [0.717, 1.165) is 44.3 Å². The third-order valence-corrected chi connectivity index (χ3v) is 5.00. The Hall–Kier alpha value is -2.24. The van der Waals surface area contributed by atoms with E-state index < -0.39 is 11.6 Å². The molecule has 0 bridgehead atoms. The fourth-order valence-corrected chi connectivity index (χ4v) is 3.62. The zero-order valence-electron chi connectivity index (χ0n) is 15.1. The minimum absolute atomic E-state index is 0.0356. The van der Waals surface area contributed by atoms with Crippen LogP contribution in [0.5, 0.6) is 0 Å². The van der Waals surface area contributed by atoms with E-state index >= 15 is 0 Å². The van der Waals surface area contributed by atoms with Gasteiger partial charge in [0.25, 0.3) is 5.91 Å². The lowest BCUT2D eigenvalue weighted by Gasteiger charge is -2.33. The molecule has 1 aliphatic rings. The van der Waals surface area contributed by atoms with E-state index in [4.69, 9.17) is 0 Å². The van der Waals surface area contributed by atoms with Gasteiger partial charge in [-0.3, -0.25) is 9.48 Å². The van der Waals surface area contributed by atoms with Crippen LogP contribution in [0, 0.1) is 17.6 Å². The number of piperidine rings is 1. The molecule has 1 aromatic carbocycles. The van der Waals surface area contributed by atoms with E-state index in [2.05, 4.69) is 12.0 Å². The predicted octanol–water partition coefficient (Wildman–Crippen LogP) is 4.06. The molecule has 0 spiro atoms. The summed E-state index contributed by atoms with van der Waals surface area (Å²) in [6.45, 7) is 4.27. The second-order valence-electron chi connectivity index (χ2n) is 6.99. The van der Waals surface area contributed by atoms with Crippen molar-refractivity contribution in [3.05, 3.63) is 53.4 Å². The second-order valence-corrected chi connectivity index (χ2v) is 6.99. The van der Waals surface area contributed by atoms with Gasteiger partial charge in [0, 0.05) is 25.8 Å². The number of aryl methyl sites for hydroxylation is 2. The van der Waals surface area contributed by atoms with Gasteiger partial charge < -0.3 is 4.90 Å². The van der Waals surface area contributed by atoms with Gasteiger partial charge in [-0.05, 0) is 61.8 Å². The van der Waals surface area contributed by atoms with E-state index in [1.807, 2.05) is 4.90 Å². The molecule has 2 aromatic rings. The van der Waals surface area contributed by atoms with Crippen LogP contribution >= 0.6 is 0 Å². The minimum Gasteiger partial charge on any atom is -0.337 e. The Balaban J connectivity index is 1.59. The van der Waals surface area contributed by atoms with Crippen molar-refractivity contribution in [1.82, 2.24) is 14.7 Å². The fourth-order valence-electron chi connectivity index (χ4n) is 3.62. The molecule has 0 saturated carbocycles. The maximum atomic E-state index is 13.3. The molecule has 3 rings (SSSR count). The molecule has 1 atom stereocenters. The van der Waals surface area contributed by atoms with E-state index in [1.165, 1.54) is 12.1 Å². The maximum Gasteiger partial charge on any atom is 0.272 e. The van der Waals surface area contributed by atoms with Gasteiger partial charge in [-0.1, -0.05) is 13.0 Å². The number of halogens is 2. The molecule has 1 amide bonds. The normalized spacial score (nSPS) is 17.5. The molecule has 1 saturated heterocycles. The highest BCUT2D eigenvalue weighted by Gasteiger charge is 2.26. The molecule has 1 aliphatic heterocycles. The molecule has 0 N–H and O–H groups in total. The summed E-state index contributed by atoms with van der Waals surface area (Å²) < 4.78 is 28.1. The number of hydrogen-bond donors (Lipinski definition) is 0. The minimum atomic E-state index is -0.813. The van der Waals surface area contributed by atoms with E-state index in [9.17, 15) is 13.6 Å². The molecule has 26 heavy (non-hydrogen) atoms. The lowest BCUT2D eigenvalue weighted by molar-refractivity contribution is 0.0655. The van der Waals surface area contributed by atoms with Gasteiger partial charge in [0.1, 0.15) is 5.69 Å². The molecule has 6 heteroatoms. The Kier molecular flexibility index (Phi) is 6.01. The van der Waals surface area contributed by atoms with Crippen LogP contribution in [-0.2, 0) is 13.0 Å². The van der Waals surface area contributed by atoms with Crippen molar-refractivity contribution in [3.63, 3.8) is 0 Å². The standard InChI is InChI=1S/C20H25F2N3O/c1-2-11-25-19(9-10-23-25)20(26)24-12-3-4-16(14-24)6-5-15-7-8-17(21)18(22)13-15/h7-10,13,16H,2-6,11-12,14H2,1H3. The van der Waals surface area contributed by atoms with Gasteiger partial charge >= 0.3 is 0 Å². The molecular formula is C20H25F2N3O. The van der Waals surface area contributed by atoms with Crippen molar-refractivity contribution >= 4 is 5.91 Å². The summed E-state index contributed by atoms with van der Waals surface area (Å²) in [6, 6.07) is 5.86. The Morgan fingerprint density at radius 2 is 2.12 bits per heavy atom. The average molecular weight is 361 g/mol. The van der Waals surface area contributed by atoms with Crippen molar-refractivity contribution in [2.24, 2.45) is 5.92 Å². The smallest absolute Gasteiger partial charge is 0.272 e. The van der Waals surface area contributed by atoms with Crippen molar-refractivity contribution in [1.29, 1.82) is 0 Å². The molecule has 1 aromatic heterocycles. The highest BCUT2D eigenvalue weighted by atomic mass is 19.2. The molecule has 0 aliphatic carbocycles. The first-order valence-electron chi connectivity index (χ1n) is 9.33. The highest BCUT2D eigenvalue weighted by Crippen LogP contribution is 2.23. The number of amides is 1. The molecular weight excluding hydrogens is 336 g/mol. The van der Waals surface area contributed by atoms with Gasteiger partial charge in [-0.2, -0.15) is 5.10 Å². The van der Waals surface area contributed by atoms with Crippen LogP contribution in [0.2, 0.25) is 0 Å². The van der Waals surface area contributed by atoms with Gasteiger partial charge in [0.2, 0.25) is 0 Å². The van der Waals surface area contributed by atoms with Crippen molar-refractivity contribution < 1.29 is 13.6 Å². The number of aromatic nitrogens is 2. The van der Waals surface area contributed by atoms with Gasteiger partial charge in [0.05, 0.1) is 0 Å². The van der Waals surface area contributed by atoms with Crippen LogP contribution in [0.1, 0.15) is 48.7 Å². The third-order valence-electron chi connectivity index (χ3n) is 5.00. The molecule has 0 radical (unpaired) electrons. The van der Waals surface area contributed by atoms with Crippen molar-refractivity contribution in [2.45, 2.75) is 45.6 Å². The lowest BCUT2D eigenvalue weighted by atomic mass is 9.91. The van der Waals surface area contributed by atoms with Gasteiger partial charge in [-0.25, -0.2) is 8.78 Å². The van der Waals surface area contributed by atoms with Crippen molar-refractivity contribution in [3.8, 4) is 0 Å². The van der Waals surface area contributed by atoms with Crippen LogP contribution in [0.25, 0.3) is 0 Å². The molecule has 140 valence electrons. The van der Waals surface area contributed by atoms with Gasteiger partial charge in [0.15, 0.2) is 11.6 Å². The zero-order valence-corrected chi connectivity index (χ0v) is 15.1. The van der Waals surface area contributed by atoms with E-state index in [0.29, 0.717) is 24.6 Å². The summed E-state index contributed by atoms with van der Waals surface area (Å²) in [4.78, 5) is 14.7. The van der Waals surface area contributed by atoms with Crippen LogP contribution in [0.3, 0.4) is 0 Å². The molecule has 1 unspecified atom stereocenters. The van der Waals surface area contributed by atoms with Crippen LogP contribution < -0.4 is 0 Å². The first-order valence-corrected chi connectivity index (χ1v) is 9.33. The SMILES string of the molecule is CCCn1nccc1C(=O)N1CCCC(CCc2ccc(F)c(F)c2)C1. The number of hydrogen-bond acceptors (Lipinski definition) is 2. The monoisotopic (exact) mass is 361 g/mol. The highest BCUT2D eigenvalue weighted by molar-refractivity contribution is 5.92. The largest absolute Gasteiger partial charge is 0.337 e. The summed E-state index contributed by atoms with van der Waals surface area (Å²) in [6.07, 6.45) is 6.19. The fraction of sp³-hybridized carbons (Fsp3) is 0.500. The van der Waals surface area contributed by atoms with Crippen LogP contribution in [-0.4, -0.2) is 33.7 Å². The molecule has 1 fully saturated rings. The first-order chi connectivity index (χ1) is 12.6. The summed E-state index contributed by atoms with van der Waals surface area (Å²) in [5, 5.41) is 4.24. The topological polar surface area (TPSA) is 38.1 Å². The van der Waals surface area contributed by atoms with Crippen LogP contribution in [0.15, 0.2) is 30.5 Å². The second kappa shape index (κ2) is 8.43. The average Bonchev–Trinajstić information content (AvgIpc) is 3.11. The predicted molar refractivity (Wildman–Crippen MR) is 95.8 cm³/mol. The number of likely N-dealkylation sites (tertiary alicyclic amines) is 1. The number of carbonyl (C=O) groups excluding carboxylic acids is 1. The van der Waals surface area contributed by atoms with E-state index in [1.54, 1.807) is 23.0 Å². The third kappa shape index (κ3) is 4.29. The molecule has 4 nitrogen and oxygen atoms in total. The lowest BCUT2D eigenvalue weighted by Crippen LogP contribution is -2.41. The summed E-state index contributed by atoms with van der Waals surface area (Å²) in [5.41, 5.74) is 1.45. The van der Waals surface area contributed by atoms with E-state index in [-0.39, 0.29) is 5.91 Å². The maximum absolute atomic E-state index is 13.3. The number of nitrogens with zero attached hydrogens (tertiary/aromatic N) is 3. The Labute approximate surface area is 152 Å². The zero-order chi connectivity index (χ0) is 18.5. The Bertz CT molecular complexity index is 759. The summed E-state index contributed by atoms with van der Waals surface area (Å²) >= 11 is 0. The van der Waals surface area contributed by atoms with Gasteiger partial charge in [-0.15, -0.1) is 0 Å². The number of carbonyl (C=O) groups is 1. The Morgan fingerprint density at radius 3 is 2.88 bits per heavy atom. The molecule has 2 heterocycles. The quantitative estimate of drug-likeness (QED) is 0.778. The first kappa shape index (κ1) is 18.5. The summed E-state index contributed by atoms with van der Waals surface area (Å²) in [7, 11) is 0. The van der Waals surface area contributed by atoms with Crippen LogP contribution in [0.4, 0.5) is 8.78 Å². The summed E-state index contributed by atoms with van der Waals surface area (Å²) in [5.74, 6) is -1.20. The Morgan fingerprint density at radius 1 is 1.27 bits per heavy atom. The number of rotatable bonds is 6.